The van der Waals surface area contributed by atoms with E-state index < -0.39 is 0 Å². The molecule has 134 valence electrons. The molecule has 0 bridgehead atoms. The molecule has 0 radical (unpaired) electrons. The molecule has 1 amide bonds. The largest absolute Gasteiger partial charge is 0.395 e. The van der Waals surface area contributed by atoms with Crippen LogP contribution in [0.4, 0.5) is 0 Å². The second-order valence-electron chi connectivity index (χ2n) is 5.64. The highest BCUT2D eigenvalue weighted by atomic mass is 35.5. The lowest BCUT2D eigenvalue weighted by atomic mass is 10.1. The lowest BCUT2D eigenvalue weighted by molar-refractivity contribution is -0.117. The second kappa shape index (κ2) is 11.7. The number of rotatable bonds is 8. The molecule has 0 aromatic carbocycles. The number of nitrogens with one attached hydrogen (secondary N) is 1. The molecule has 1 atom stereocenters. The number of amides is 1. The molecule has 0 aliphatic rings. The molecule has 0 spiro atoms. The molecule has 0 fully saturated rings. The Morgan fingerprint density at radius 2 is 1.92 bits per heavy atom. The molecule has 0 aliphatic heterocycles. The number of hydrogen-bond acceptors (Lipinski definition) is 3. The summed E-state index contributed by atoms with van der Waals surface area (Å²) in [5.74, 6) is 0.0575. The van der Waals surface area contributed by atoms with Crippen LogP contribution in [0.3, 0.4) is 0 Å². The summed E-state index contributed by atoms with van der Waals surface area (Å²) >= 11 is 6.29. The minimum absolute atomic E-state index is 0.192. The van der Waals surface area contributed by atoms with Crippen molar-refractivity contribution in [2.24, 2.45) is 16.6 Å². The van der Waals surface area contributed by atoms with E-state index in [2.05, 4.69) is 24.2 Å². The van der Waals surface area contributed by atoms with E-state index in [0.29, 0.717) is 17.5 Å². The minimum Gasteiger partial charge on any atom is -0.395 e. The maximum Gasteiger partial charge on any atom is 0.267 e. The van der Waals surface area contributed by atoms with Crippen LogP contribution in [0.5, 0.6) is 0 Å². The summed E-state index contributed by atoms with van der Waals surface area (Å²) < 4.78 is 0. The van der Waals surface area contributed by atoms with Gasteiger partial charge >= 0.3 is 0 Å². The van der Waals surface area contributed by atoms with E-state index >= 15 is 0 Å². The summed E-state index contributed by atoms with van der Waals surface area (Å²) in [4.78, 5) is 16.5. The van der Waals surface area contributed by atoms with Crippen LogP contribution in [-0.2, 0) is 4.79 Å². The predicted octanol–water partition coefficient (Wildman–Crippen LogP) is 4.44. The molecule has 0 aliphatic carbocycles. The van der Waals surface area contributed by atoms with Crippen LogP contribution in [0.1, 0.15) is 48.0 Å². The zero-order valence-electron chi connectivity index (χ0n) is 15.6. The lowest BCUT2D eigenvalue weighted by Crippen LogP contribution is -2.30. The van der Waals surface area contributed by atoms with E-state index in [-0.39, 0.29) is 11.6 Å². The Hall–Kier alpha value is -1.81. The van der Waals surface area contributed by atoms with Gasteiger partial charge in [0.15, 0.2) is 0 Å². The number of allylic oxidation sites excluding steroid dienone is 6. The first-order valence-corrected chi connectivity index (χ1v) is 8.59. The fourth-order valence-electron chi connectivity index (χ4n) is 1.66. The summed E-state index contributed by atoms with van der Waals surface area (Å²) in [5.41, 5.74) is 8.46. The topological polar surface area (TPSA) is 67.5 Å². The lowest BCUT2D eigenvalue weighted by Gasteiger charge is -2.12. The molecule has 0 aromatic heterocycles. The smallest absolute Gasteiger partial charge is 0.267 e. The van der Waals surface area contributed by atoms with Crippen molar-refractivity contribution in [1.82, 2.24) is 5.32 Å². The van der Waals surface area contributed by atoms with Crippen LogP contribution in [0.25, 0.3) is 0 Å². The Morgan fingerprint density at radius 1 is 1.29 bits per heavy atom. The number of carbonyl (C=O) groups excluding carboxylic acids is 1. The Kier molecular flexibility index (Phi) is 10.8. The van der Waals surface area contributed by atoms with Gasteiger partial charge in [-0.2, -0.15) is 0 Å². The fourth-order valence-corrected chi connectivity index (χ4v) is 1.93. The van der Waals surface area contributed by atoms with Crippen molar-refractivity contribution in [1.29, 1.82) is 0 Å². The Balaban J connectivity index is 5.62. The number of halogens is 1. The second-order valence-corrected chi connectivity index (χ2v) is 6.04. The van der Waals surface area contributed by atoms with E-state index in [9.17, 15) is 4.79 Å². The molecular weight excluding hydrogens is 322 g/mol. The van der Waals surface area contributed by atoms with Crippen LogP contribution < -0.4 is 11.1 Å². The highest BCUT2D eigenvalue weighted by molar-refractivity contribution is 6.31. The van der Waals surface area contributed by atoms with Gasteiger partial charge in [0.2, 0.25) is 0 Å². The Labute approximate surface area is 151 Å². The van der Waals surface area contributed by atoms with Crippen LogP contribution >= 0.6 is 11.6 Å². The number of hydrogen-bond donors (Lipinski definition) is 2. The predicted molar refractivity (Wildman–Crippen MR) is 105 cm³/mol. The Morgan fingerprint density at radius 3 is 2.42 bits per heavy atom. The van der Waals surface area contributed by atoms with Crippen molar-refractivity contribution >= 4 is 23.7 Å². The minimum atomic E-state index is -0.303. The molecule has 0 saturated carbocycles. The summed E-state index contributed by atoms with van der Waals surface area (Å²) in [7, 11) is 0. The van der Waals surface area contributed by atoms with Crippen LogP contribution in [0.15, 0.2) is 50.8 Å². The molecule has 4 nitrogen and oxygen atoms in total. The molecule has 0 heterocycles. The van der Waals surface area contributed by atoms with Gasteiger partial charge in [-0.05, 0) is 57.3 Å². The quantitative estimate of drug-likeness (QED) is 0.385. The number of carbonyl (C=O) groups is 1. The third-order valence-corrected chi connectivity index (χ3v) is 4.19. The average molecular weight is 352 g/mol. The summed E-state index contributed by atoms with van der Waals surface area (Å²) in [6, 6.07) is 0. The molecular formula is C19H30ClN3O. The van der Waals surface area contributed by atoms with E-state index in [1.807, 2.05) is 39.1 Å². The van der Waals surface area contributed by atoms with Crippen molar-refractivity contribution in [2.75, 3.05) is 6.54 Å². The third-order valence-electron chi connectivity index (χ3n) is 3.78. The maximum absolute atomic E-state index is 11.9. The third kappa shape index (κ3) is 7.64. The highest BCUT2D eigenvalue weighted by Crippen LogP contribution is 2.22. The van der Waals surface area contributed by atoms with Crippen molar-refractivity contribution < 1.29 is 4.79 Å². The number of nitrogens with two attached hydrogens (primary N) is 1. The first-order valence-electron chi connectivity index (χ1n) is 8.21. The Bertz CT molecular complexity index is 583. The molecule has 5 heteroatoms. The summed E-state index contributed by atoms with van der Waals surface area (Å²) in [5, 5.41) is 3.45. The average Bonchev–Trinajstić information content (AvgIpc) is 2.59. The van der Waals surface area contributed by atoms with Crippen molar-refractivity contribution in [3.63, 3.8) is 0 Å². The van der Waals surface area contributed by atoms with Gasteiger partial charge in [0, 0.05) is 11.2 Å². The van der Waals surface area contributed by atoms with Crippen LogP contribution in [0, 0.1) is 5.92 Å². The van der Waals surface area contributed by atoms with Gasteiger partial charge in [-0.1, -0.05) is 37.6 Å². The normalized spacial score (nSPS) is 16.2. The van der Waals surface area contributed by atoms with E-state index in [4.69, 9.17) is 17.3 Å². The van der Waals surface area contributed by atoms with Gasteiger partial charge < -0.3 is 11.1 Å². The molecule has 3 N–H and O–H groups in total. The first kappa shape index (κ1) is 22.2. The van der Waals surface area contributed by atoms with Gasteiger partial charge in [0.25, 0.3) is 5.91 Å². The highest BCUT2D eigenvalue weighted by Gasteiger charge is 2.10. The first-order chi connectivity index (χ1) is 11.3. The van der Waals surface area contributed by atoms with Crippen molar-refractivity contribution in [3.05, 3.63) is 45.8 Å². The molecule has 0 aromatic rings. The maximum atomic E-state index is 11.9. The molecule has 0 saturated heterocycles. The van der Waals surface area contributed by atoms with Crippen molar-refractivity contribution in [2.45, 2.75) is 48.0 Å². The molecule has 1 unspecified atom stereocenters. The van der Waals surface area contributed by atoms with Crippen LogP contribution in [0.2, 0.25) is 0 Å². The molecule has 0 rings (SSSR count). The standard InChI is InChI=1S/C19H30ClN3O/c1-7-10-16(20)14(5)15(6)18(22-11-13(4)8-2)12-23-19(24)17(21)9-3/h7,9-11,13H,8,12,21H2,1-6H3,(H,23,24)/b10-7-,16-14+,17-9-,18-15+,22-11-. The zero-order valence-corrected chi connectivity index (χ0v) is 16.4. The van der Waals surface area contributed by atoms with Gasteiger partial charge in [-0.3, -0.25) is 9.79 Å². The van der Waals surface area contributed by atoms with Crippen LogP contribution in [-0.4, -0.2) is 18.7 Å². The van der Waals surface area contributed by atoms with E-state index in [1.165, 1.54) is 0 Å². The van der Waals surface area contributed by atoms with E-state index in [0.717, 1.165) is 23.3 Å². The van der Waals surface area contributed by atoms with E-state index in [1.54, 1.807) is 13.0 Å². The monoisotopic (exact) mass is 351 g/mol. The molecule has 24 heavy (non-hydrogen) atoms. The fraction of sp³-hybridized carbons (Fsp3) is 0.474. The SMILES string of the molecule is C\C=C/C(Cl)=C(C)\C(C)=C(CNC(=O)/C(N)=C/C)\N=C/C(C)CC. The summed E-state index contributed by atoms with van der Waals surface area (Å²) in [6.07, 6.45) is 8.20. The summed E-state index contributed by atoms with van der Waals surface area (Å²) in [6.45, 7) is 12.0. The van der Waals surface area contributed by atoms with Gasteiger partial charge in [0.05, 0.1) is 17.9 Å². The number of aliphatic imine (C=N–C) groups is 1. The van der Waals surface area contributed by atoms with Gasteiger partial charge in [-0.25, -0.2) is 0 Å². The number of nitrogens with zero attached hydrogens (tertiary/aromatic N) is 1. The van der Waals surface area contributed by atoms with Gasteiger partial charge in [-0.15, -0.1) is 0 Å². The van der Waals surface area contributed by atoms with Crippen molar-refractivity contribution in [3.8, 4) is 0 Å². The zero-order chi connectivity index (χ0) is 18.7. The van der Waals surface area contributed by atoms with Gasteiger partial charge in [0.1, 0.15) is 0 Å².